The van der Waals surface area contributed by atoms with Crippen LogP contribution in [0.5, 0.6) is 0 Å². The number of carbonyl (C=O) groups excluding carboxylic acids is 1. The predicted octanol–water partition coefficient (Wildman–Crippen LogP) is 1.97. The highest BCUT2D eigenvalue weighted by Crippen LogP contribution is 2.07. The van der Waals surface area contributed by atoms with Crippen LogP contribution in [0.3, 0.4) is 0 Å². The molecular formula is C14H18FNO4Si. The van der Waals surface area contributed by atoms with Crippen LogP contribution in [-0.4, -0.2) is 38.0 Å². The quantitative estimate of drug-likeness (QED) is 0.815. The molecule has 2 N–H and O–H groups in total. The minimum absolute atomic E-state index is 0.121. The number of amides is 1. The van der Waals surface area contributed by atoms with Crippen LogP contribution in [0.2, 0.25) is 0 Å². The van der Waals surface area contributed by atoms with Gasteiger partial charge < -0.3 is 15.2 Å². The maximum absolute atomic E-state index is 13.0. The monoisotopic (exact) mass is 311 g/mol. The van der Waals surface area contributed by atoms with Gasteiger partial charge in [-0.05, 0) is 44.5 Å². The molecule has 0 aliphatic carbocycles. The van der Waals surface area contributed by atoms with Crippen molar-refractivity contribution in [2.75, 3.05) is 0 Å². The summed E-state index contributed by atoms with van der Waals surface area (Å²) in [6.07, 6.45) is -0.776. The number of carbonyl (C=O) groups is 2. The van der Waals surface area contributed by atoms with E-state index in [4.69, 9.17) is 9.84 Å². The van der Waals surface area contributed by atoms with E-state index < -0.39 is 23.3 Å². The number of benzene rings is 1. The van der Waals surface area contributed by atoms with Crippen LogP contribution in [0.25, 0.3) is 0 Å². The molecule has 0 aliphatic heterocycles. The van der Waals surface area contributed by atoms with Gasteiger partial charge in [-0.25, -0.2) is 9.18 Å². The molecule has 0 fully saturated rings. The summed E-state index contributed by atoms with van der Waals surface area (Å²) in [4.78, 5) is 22.7. The lowest BCUT2D eigenvalue weighted by Crippen LogP contribution is -2.47. The molecule has 2 radical (unpaired) electrons. The molecule has 0 heterocycles. The largest absolute Gasteiger partial charge is 0.480 e. The van der Waals surface area contributed by atoms with Crippen molar-refractivity contribution in [1.82, 2.24) is 5.32 Å². The molecule has 5 nitrogen and oxygen atoms in total. The average Bonchev–Trinajstić information content (AvgIpc) is 2.32. The number of hydrogen-bond acceptors (Lipinski definition) is 3. The van der Waals surface area contributed by atoms with Crippen molar-refractivity contribution in [3.05, 3.63) is 35.6 Å². The van der Waals surface area contributed by atoms with Gasteiger partial charge in [-0.1, -0.05) is 12.1 Å². The smallest absolute Gasteiger partial charge is 0.408 e. The molecule has 0 unspecified atom stereocenters. The number of hydrogen-bond donors (Lipinski definition) is 2. The molecule has 0 aliphatic rings. The molecule has 7 heteroatoms. The summed E-state index contributed by atoms with van der Waals surface area (Å²) in [5, 5.41) is 11.4. The second kappa shape index (κ2) is 7.21. The van der Waals surface area contributed by atoms with Crippen LogP contribution >= 0.6 is 0 Å². The van der Waals surface area contributed by atoms with E-state index in [9.17, 15) is 14.0 Å². The standard InChI is InChI=1S/C14H18FNO4Si/c1-14(2,3)20-13(19)16-11(12(17)18)21-8-9-5-4-6-10(15)7-9/h4-7,11H,8H2,1-3H3,(H,16,19)(H,17,18)/t11-/m0/s1. The molecule has 1 atom stereocenters. The number of nitrogens with one attached hydrogen (secondary N) is 1. The first-order valence-electron chi connectivity index (χ1n) is 6.37. The number of carboxylic acids is 1. The zero-order valence-electron chi connectivity index (χ0n) is 12.1. The van der Waals surface area contributed by atoms with Crippen molar-refractivity contribution in [2.45, 2.75) is 38.1 Å². The van der Waals surface area contributed by atoms with Crippen molar-refractivity contribution in [3.63, 3.8) is 0 Å². The zero-order valence-corrected chi connectivity index (χ0v) is 13.1. The third-order valence-electron chi connectivity index (χ3n) is 2.31. The first-order chi connectivity index (χ1) is 9.67. The van der Waals surface area contributed by atoms with E-state index in [0.29, 0.717) is 11.6 Å². The third kappa shape index (κ3) is 6.89. The Morgan fingerprint density at radius 2 is 2.10 bits per heavy atom. The van der Waals surface area contributed by atoms with Gasteiger partial charge in [0.1, 0.15) is 17.1 Å². The van der Waals surface area contributed by atoms with Gasteiger partial charge in [0, 0.05) is 0 Å². The molecule has 21 heavy (non-hydrogen) atoms. The number of ether oxygens (including phenoxy) is 1. The first-order valence-corrected chi connectivity index (χ1v) is 7.66. The van der Waals surface area contributed by atoms with Gasteiger partial charge in [0.15, 0.2) is 0 Å². The lowest BCUT2D eigenvalue weighted by Gasteiger charge is -2.21. The Balaban J connectivity index is 2.58. The molecule has 1 aromatic carbocycles. The Hall–Kier alpha value is -1.89. The number of aliphatic carboxylic acids is 1. The fraction of sp³-hybridized carbons (Fsp3) is 0.429. The van der Waals surface area contributed by atoms with Crippen molar-refractivity contribution in [1.29, 1.82) is 0 Å². The van der Waals surface area contributed by atoms with E-state index in [1.807, 2.05) is 0 Å². The maximum Gasteiger partial charge on any atom is 0.408 e. The lowest BCUT2D eigenvalue weighted by molar-refractivity contribution is -0.137. The fourth-order valence-corrected chi connectivity index (χ4v) is 2.55. The average molecular weight is 311 g/mol. The zero-order chi connectivity index (χ0) is 16.0. The van der Waals surface area contributed by atoms with Crippen LogP contribution in [0.4, 0.5) is 9.18 Å². The second-order valence-electron chi connectivity index (χ2n) is 5.43. The van der Waals surface area contributed by atoms with Gasteiger partial charge in [0.25, 0.3) is 0 Å². The van der Waals surface area contributed by atoms with Crippen LogP contribution < -0.4 is 5.32 Å². The Morgan fingerprint density at radius 1 is 1.43 bits per heavy atom. The van der Waals surface area contributed by atoms with E-state index in [0.717, 1.165) is 0 Å². The van der Waals surface area contributed by atoms with Crippen LogP contribution in [0.15, 0.2) is 24.3 Å². The SMILES string of the molecule is CC(C)(C)OC(=O)N[C@@H]([Si]Cc1cccc(F)c1)C(=O)O. The number of rotatable bonds is 5. The summed E-state index contributed by atoms with van der Waals surface area (Å²) < 4.78 is 18.1. The third-order valence-corrected chi connectivity index (χ3v) is 3.72. The molecule has 1 rings (SSSR count). The Labute approximate surface area is 125 Å². The Kier molecular flexibility index (Phi) is 5.89. The van der Waals surface area contributed by atoms with Gasteiger partial charge >= 0.3 is 12.1 Å². The van der Waals surface area contributed by atoms with Gasteiger partial charge in [-0.15, -0.1) is 0 Å². The van der Waals surface area contributed by atoms with E-state index in [-0.39, 0.29) is 15.3 Å². The number of carboxylic acid groups (broad SMARTS) is 1. The second-order valence-corrected chi connectivity index (χ2v) is 6.77. The highest BCUT2D eigenvalue weighted by atomic mass is 28.2. The molecule has 0 bridgehead atoms. The molecular weight excluding hydrogens is 293 g/mol. The lowest BCUT2D eigenvalue weighted by atomic mass is 10.2. The van der Waals surface area contributed by atoms with Crippen molar-refractivity contribution < 1.29 is 23.8 Å². The van der Waals surface area contributed by atoms with E-state index in [1.165, 1.54) is 12.1 Å². The summed E-state index contributed by atoms with van der Waals surface area (Å²) >= 11 is 0. The molecule has 0 spiro atoms. The molecule has 1 aromatic rings. The van der Waals surface area contributed by atoms with Crippen LogP contribution in [0, 0.1) is 5.82 Å². The van der Waals surface area contributed by atoms with Crippen molar-refractivity contribution >= 4 is 21.6 Å². The fourth-order valence-electron chi connectivity index (χ4n) is 1.49. The number of halogens is 1. The van der Waals surface area contributed by atoms with Gasteiger partial charge in [0.05, 0.1) is 9.52 Å². The van der Waals surface area contributed by atoms with Gasteiger partial charge in [-0.3, -0.25) is 4.79 Å². The van der Waals surface area contributed by atoms with Crippen LogP contribution in [-0.2, 0) is 15.6 Å². The molecule has 0 saturated carbocycles. The van der Waals surface area contributed by atoms with E-state index in [2.05, 4.69) is 5.32 Å². The maximum atomic E-state index is 13.0. The van der Waals surface area contributed by atoms with E-state index >= 15 is 0 Å². The summed E-state index contributed by atoms with van der Waals surface area (Å²) in [7, 11) is -0.121. The Bertz CT molecular complexity index is 516. The molecule has 114 valence electrons. The first kappa shape index (κ1) is 17.2. The van der Waals surface area contributed by atoms with Crippen molar-refractivity contribution in [3.8, 4) is 0 Å². The van der Waals surface area contributed by atoms with Gasteiger partial charge in [-0.2, -0.15) is 0 Å². The highest BCUT2D eigenvalue weighted by molar-refractivity contribution is 6.43. The minimum Gasteiger partial charge on any atom is -0.480 e. The highest BCUT2D eigenvalue weighted by Gasteiger charge is 2.24. The predicted molar refractivity (Wildman–Crippen MR) is 76.7 cm³/mol. The van der Waals surface area contributed by atoms with Crippen LogP contribution in [0.1, 0.15) is 26.3 Å². The Morgan fingerprint density at radius 3 is 2.62 bits per heavy atom. The van der Waals surface area contributed by atoms with Gasteiger partial charge in [0.2, 0.25) is 0 Å². The summed E-state index contributed by atoms with van der Waals surface area (Å²) in [5.41, 5.74) is -1.06. The number of alkyl carbamates (subject to hydrolysis) is 1. The normalized spacial score (nSPS) is 12.6. The molecule has 0 aromatic heterocycles. The molecule has 0 saturated heterocycles. The van der Waals surface area contributed by atoms with Crippen molar-refractivity contribution in [2.24, 2.45) is 0 Å². The minimum atomic E-state index is -1.14. The molecule has 1 amide bonds. The topological polar surface area (TPSA) is 75.6 Å². The van der Waals surface area contributed by atoms with E-state index in [1.54, 1.807) is 32.9 Å². The summed E-state index contributed by atoms with van der Waals surface area (Å²) in [5.74, 6) is -1.51. The summed E-state index contributed by atoms with van der Waals surface area (Å²) in [6, 6.07) is 6.30. The summed E-state index contributed by atoms with van der Waals surface area (Å²) in [6.45, 7) is 5.08.